The van der Waals surface area contributed by atoms with Gasteiger partial charge in [-0.2, -0.15) is 11.3 Å². The Kier molecular flexibility index (Phi) is 5.09. The van der Waals surface area contributed by atoms with Crippen LogP contribution >= 0.6 is 11.3 Å². The van der Waals surface area contributed by atoms with Crippen molar-refractivity contribution < 1.29 is 14.3 Å². The Morgan fingerprint density at radius 3 is 2.83 bits per heavy atom. The fourth-order valence-corrected chi connectivity index (χ4v) is 3.61. The van der Waals surface area contributed by atoms with Gasteiger partial charge < -0.3 is 10.1 Å². The van der Waals surface area contributed by atoms with Gasteiger partial charge in [-0.05, 0) is 23.6 Å². The molecule has 1 aromatic carbocycles. The molecule has 0 unspecified atom stereocenters. The van der Waals surface area contributed by atoms with Gasteiger partial charge in [0.15, 0.2) is 12.4 Å². The number of aromatic nitrogens is 4. The van der Waals surface area contributed by atoms with Crippen LogP contribution in [0.25, 0.3) is 16.7 Å². The van der Waals surface area contributed by atoms with E-state index in [0.29, 0.717) is 28.1 Å². The Morgan fingerprint density at radius 1 is 1.21 bits per heavy atom. The van der Waals surface area contributed by atoms with Gasteiger partial charge in [-0.25, -0.2) is 0 Å². The lowest BCUT2D eigenvalue weighted by atomic mass is 10.2. The van der Waals surface area contributed by atoms with Gasteiger partial charge in [0, 0.05) is 24.5 Å². The minimum Gasteiger partial charge on any atom is -0.457 e. The molecule has 29 heavy (non-hydrogen) atoms. The summed E-state index contributed by atoms with van der Waals surface area (Å²) in [7, 11) is 1.62. The highest BCUT2D eigenvalue weighted by Gasteiger charge is 2.16. The molecule has 0 aliphatic heterocycles. The Labute approximate surface area is 168 Å². The maximum Gasteiger partial charge on any atom is 0.308 e. The number of para-hydroxylation sites is 1. The number of carbonyl (C=O) groups is 2. The second-order valence-electron chi connectivity index (χ2n) is 6.31. The van der Waals surface area contributed by atoms with Gasteiger partial charge in [0.05, 0.1) is 17.3 Å². The standard InChI is InChI=1S/C19H17N5O4S/c1-23-18(27)13-4-2-3-5-14(13)24-15(21-22-19(23)24)10-28-16(25)6-8-20-17(26)12-7-9-29-11-12/h2-5,7,9,11H,6,8,10H2,1H3,(H,20,26). The highest BCUT2D eigenvalue weighted by molar-refractivity contribution is 7.08. The number of ether oxygens (including phenoxy) is 1. The molecule has 0 atom stereocenters. The van der Waals surface area contributed by atoms with Crippen molar-refractivity contribution in [2.24, 2.45) is 7.05 Å². The van der Waals surface area contributed by atoms with Crippen LogP contribution in [0.1, 0.15) is 22.6 Å². The van der Waals surface area contributed by atoms with E-state index in [2.05, 4.69) is 15.5 Å². The molecule has 4 rings (SSSR count). The van der Waals surface area contributed by atoms with E-state index < -0.39 is 5.97 Å². The fourth-order valence-electron chi connectivity index (χ4n) is 2.98. The molecule has 1 N–H and O–H groups in total. The Balaban J connectivity index is 1.44. The van der Waals surface area contributed by atoms with E-state index in [1.807, 2.05) is 11.4 Å². The van der Waals surface area contributed by atoms with Crippen molar-refractivity contribution >= 4 is 39.9 Å². The maximum absolute atomic E-state index is 12.4. The summed E-state index contributed by atoms with van der Waals surface area (Å²) < 4.78 is 8.39. The summed E-state index contributed by atoms with van der Waals surface area (Å²) in [6, 6.07) is 8.82. The average Bonchev–Trinajstić information content (AvgIpc) is 3.40. The number of hydrogen-bond acceptors (Lipinski definition) is 7. The number of fused-ring (bicyclic) bond motifs is 3. The molecule has 0 bridgehead atoms. The highest BCUT2D eigenvalue weighted by atomic mass is 32.1. The van der Waals surface area contributed by atoms with Gasteiger partial charge in [0.1, 0.15) is 0 Å². The third-order valence-corrected chi connectivity index (χ3v) is 5.14. The van der Waals surface area contributed by atoms with Crippen LogP contribution in [0.3, 0.4) is 0 Å². The molecule has 3 heterocycles. The minimum atomic E-state index is -0.471. The van der Waals surface area contributed by atoms with E-state index in [1.165, 1.54) is 15.9 Å². The smallest absolute Gasteiger partial charge is 0.308 e. The Bertz CT molecular complexity index is 1260. The van der Waals surface area contributed by atoms with E-state index in [9.17, 15) is 14.4 Å². The number of carbonyl (C=O) groups excluding carboxylic acids is 2. The molecule has 148 valence electrons. The monoisotopic (exact) mass is 411 g/mol. The summed E-state index contributed by atoms with van der Waals surface area (Å²) in [6.07, 6.45) is 0.0336. The van der Waals surface area contributed by atoms with Gasteiger partial charge >= 0.3 is 5.97 Å². The summed E-state index contributed by atoms with van der Waals surface area (Å²) in [5, 5.41) is 14.9. The van der Waals surface area contributed by atoms with E-state index in [1.54, 1.807) is 41.1 Å². The zero-order chi connectivity index (χ0) is 20.4. The van der Waals surface area contributed by atoms with Crippen LogP contribution in [0.2, 0.25) is 0 Å². The fraction of sp³-hybridized carbons (Fsp3) is 0.211. The topological polar surface area (TPSA) is 108 Å². The van der Waals surface area contributed by atoms with Crippen molar-refractivity contribution in [2.75, 3.05) is 6.54 Å². The van der Waals surface area contributed by atoms with Gasteiger partial charge in [-0.3, -0.25) is 23.4 Å². The van der Waals surface area contributed by atoms with Crippen LogP contribution < -0.4 is 10.9 Å². The van der Waals surface area contributed by atoms with E-state index in [4.69, 9.17) is 4.74 Å². The van der Waals surface area contributed by atoms with E-state index in [-0.39, 0.29) is 31.0 Å². The van der Waals surface area contributed by atoms with Gasteiger partial charge in [-0.1, -0.05) is 12.1 Å². The summed E-state index contributed by atoms with van der Waals surface area (Å²) in [6.45, 7) is 0.0756. The normalized spacial score (nSPS) is 11.1. The first-order chi connectivity index (χ1) is 14.1. The van der Waals surface area contributed by atoms with Crippen molar-refractivity contribution in [3.8, 4) is 0 Å². The van der Waals surface area contributed by atoms with Gasteiger partial charge in [0.2, 0.25) is 5.78 Å². The molecular weight excluding hydrogens is 394 g/mol. The molecule has 3 aromatic heterocycles. The number of nitrogens with one attached hydrogen (secondary N) is 1. The lowest BCUT2D eigenvalue weighted by Gasteiger charge is -2.08. The predicted molar refractivity (Wildman–Crippen MR) is 107 cm³/mol. The van der Waals surface area contributed by atoms with E-state index in [0.717, 1.165) is 0 Å². The quantitative estimate of drug-likeness (QED) is 0.482. The first-order valence-electron chi connectivity index (χ1n) is 8.84. The first-order valence-corrected chi connectivity index (χ1v) is 9.78. The number of esters is 1. The molecule has 0 fully saturated rings. The largest absolute Gasteiger partial charge is 0.457 e. The van der Waals surface area contributed by atoms with Crippen molar-refractivity contribution in [3.05, 3.63) is 62.8 Å². The molecule has 4 aromatic rings. The van der Waals surface area contributed by atoms with Crippen LogP contribution in [-0.4, -0.2) is 37.6 Å². The maximum atomic E-state index is 12.4. The van der Waals surface area contributed by atoms with Crippen LogP contribution in [0.4, 0.5) is 0 Å². The number of benzene rings is 1. The molecule has 0 aliphatic rings. The van der Waals surface area contributed by atoms with Crippen molar-refractivity contribution in [2.45, 2.75) is 13.0 Å². The highest BCUT2D eigenvalue weighted by Crippen LogP contribution is 2.14. The summed E-state index contributed by atoms with van der Waals surface area (Å²) in [4.78, 5) is 36.3. The molecule has 0 aliphatic carbocycles. The third-order valence-electron chi connectivity index (χ3n) is 4.45. The molecule has 0 saturated carbocycles. The number of rotatable bonds is 6. The number of aryl methyl sites for hydroxylation is 1. The second kappa shape index (κ2) is 7.84. The van der Waals surface area contributed by atoms with Crippen LogP contribution in [-0.2, 0) is 23.2 Å². The van der Waals surface area contributed by atoms with Gasteiger partial charge in [0.25, 0.3) is 11.5 Å². The molecular formula is C19H17N5O4S. The lowest BCUT2D eigenvalue weighted by Crippen LogP contribution is -2.26. The number of thiophene rings is 1. The SMILES string of the molecule is Cn1c(=O)c2ccccc2n2c(COC(=O)CCNC(=O)c3ccsc3)nnc12. The van der Waals surface area contributed by atoms with Crippen LogP contribution in [0, 0.1) is 0 Å². The minimum absolute atomic E-state index is 0.0336. The summed E-state index contributed by atoms with van der Waals surface area (Å²) in [5.74, 6) is 0.0709. The van der Waals surface area contributed by atoms with Crippen molar-refractivity contribution in [3.63, 3.8) is 0 Å². The molecule has 1 amide bonds. The van der Waals surface area contributed by atoms with Gasteiger partial charge in [-0.15, -0.1) is 10.2 Å². The van der Waals surface area contributed by atoms with E-state index >= 15 is 0 Å². The third kappa shape index (κ3) is 3.61. The lowest BCUT2D eigenvalue weighted by molar-refractivity contribution is -0.145. The predicted octanol–water partition coefficient (Wildman–Crippen LogP) is 1.51. The number of hydrogen-bond donors (Lipinski definition) is 1. The van der Waals surface area contributed by atoms with Crippen LogP contribution in [0.15, 0.2) is 45.9 Å². The molecule has 0 spiro atoms. The average molecular weight is 411 g/mol. The molecule has 9 nitrogen and oxygen atoms in total. The zero-order valence-electron chi connectivity index (χ0n) is 15.5. The van der Waals surface area contributed by atoms with Crippen molar-refractivity contribution in [1.82, 2.24) is 24.5 Å². The van der Waals surface area contributed by atoms with Crippen molar-refractivity contribution in [1.29, 1.82) is 0 Å². The molecule has 0 radical (unpaired) electrons. The summed E-state index contributed by atoms with van der Waals surface area (Å²) >= 11 is 1.43. The second-order valence-corrected chi connectivity index (χ2v) is 7.09. The zero-order valence-corrected chi connectivity index (χ0v) is 16.3. The Hall–Kier alpha value is -3.53. The van der Waals surface area contributed by atoms with Crippen LogP contribution in [0.5, 0.6) is 0 Å². The Morgan fingerprint density at radius 2 is 2.03 bits per heavy atom. The first kappa shape index (κ1) is 18.8. The molecule has 10 heteroatoms. The number of nitrogens with zero attached hydrogens (tertiary/aromatic N) is 4. The summed E-state index contributed by atoms with van der Waals surface area (Å²) in [5.41, 5.74) is 1.03. The number of amides is 1. The molecule has 0 saturated heterocycles.